The Morgan fingerprint density at radius 2 is 1.85 bits per heavy atom. The maximum absolute atomic E-state index is 11.8. The minimum absolute atomic E-state index is 0.0915. The SMILES string of the molecule is CC(=O)SCc1ccccc1COC(=O)N1CCCC1. The predicted octanol–water partition coefficient (Wildman–Crippen LogP) is 3.20. The molecule has 2 rings (SSSR count). The standard InChI is InChI=1S/C15H19NO3S/c1-12(17)20-11-14-7-3-2-6-13(14)10-19-15(18)16-8-4-5-9-16/h2-3,6-7H,4-5,8-11H2,1H3. The zero-order chi connectivity index (χ0) is 14.4. The van der Waals surface area contributed by atoms with Gasteiger partial charge in [-0.05, 0) is 24.0 Å². The van der Waals surface area contributed by atoms with Gasteiger partial charge in [-0.3, -0.25) is 4.79 Å². The third kappa shape index (κ3) is 4.27. The van der Waals surface area contributed by atoms with Gasteiger partial charge in [-0.2, -0.15) is 0 Å². The predicted molar refractivity (Wildman–Crippen MR) is 79.4 cm³/mol. The number of hydrogen-bond donors (Lipinski definition) is 0. The molecule has 1 aromatic carbocycles. The van der Waals surface area contributed by atoms with Crippen LogP contribution in [0.3, 0.4) is 0 Å². The minimum atomic E-state index is -0.239. The van der Waals surface area contributed by atoms with Crippen molar-refractivity contribution in [3.05, 3.63) is 35.4 Å². The van der Waals surface area contributed by atoms with Gasteiger partial charge in [-0.1, -0.05) is 36.0 Å². The van der Waals surface area contributed by atoms with E-state index < -0.39 is 0 Å². The second kappa shape index (κ2) is 7.33. The number of thioether (sulfide) groups is 1. The highest BCUT2D eigenvalue weighted by Crippen LogP contribution is 2.18. The van der Waals surface area contributed by atoms with Crippen LogP contribution in [0.1, 0.15) is 30.9 Å². The molecule has 1 aliphatic heterocycles. The summed E-state index contributed by atoms with van der Waals surface area (Å²) in [6.07, 6.45) is 1.87. The summed E-state index contributed by atoms with van der Waals surface area (Å²) >= 11 is 1.27. The molecule has 0 aromatic heterocycles. The fourth-order valence-electron chi connectivity index (χ4n) is 2.15. The Labute approximate surface area is 123 Å². The van der Waals surface area contributed by atoms with E-state index in [-0.39, 0.29) is 17.8 Å². The second-order valence-corrected chi connectivity index (χ2v) is 5.95. The summed E-state index contributed by atoms with van der Waals surface area (Å²) in [6.45, 7) is 3.41. The molecule has 1 aliphatic rings. The molecule has 0 saturated carbocycles. The largest absolute Gasteiger partial charge is 0.445 e. The van der Waals surface area contributed by atoms with E-state index in [0.29, 0.717) is 5.75 Å². The molecule has 1 amide bonds. The molecule has 5 heteroatoms. The van der Waals surface area contributed by atoms with Gasteiger partial charge in [0.25, 0.3) is 0 Å². The van der Waals surface area contributed by atoms with Crippen molar-refractivity contribution in [2.75, 3.05) is 13.1 Å². The summed E-state index contributed by atoms with van der Waals surface area (Å²) < 4.78 is 5.35. The number of rotatable bonds is 4. The number of likely N-dealkylation sites (tertiary alicyclic amines) is 1. The van der Waals surface area contributed by atoms with Crippen molar-refractivity contribution in [1.29, 1.82) is 0 Å². The Balaban J connectivity index is 1.91. The molecule has 0 bridgehead atoms. The summed E-state index contributed by atoms with van der Waals surface area (Å²) in [7, 11) is 0. The highest BCUT2D eigenvalue weighted by atomic mass is 32.2. The number of hydrogen-bond acceptors (Lipinski definition) is 4. The molecule has 1 fully saturated rings. The van der Waals surface area contributed by atoms with Crippen LogP contribution in [-0.4, -0.2) is 29.2 Å². The quantitative estimate of drug-likeness (QED) is 0.855. The van der Waals surface area contributed by atoms with Crippen LogP contribution in [0, 0.1) is 0 Å². The molecule has 0 unspecified atom stereocenters. The fourth-order valence-corrected chi connectivity index (χ4v) is 2.79. The molecular formula is C15H19NO3S. The summed E-state index contributed by atoms with van der Waals surface area (Å²) in [5, 5.41) is 0.0915. The van der Waals surface area contributed by atoms with Gasteiger partial charge in [0.15, 0.2) is 5.12 Å². The van der Waals surface area contributed by atoms with E-state index in [9.17, 15) is 9.59 Å². The van der Waals surface area contributed by atoms with Gasteiger partial charge in [0, 0.05) is 25.8 Å². The molecule has 0 radical (unpaired) electrons. The van der Waals surface area contributed by atoms with Gasteiger partial charge in [-0.15, -0.1) is 0 Å². The third-order valence-corrected chi connectivity index (χ3v) is 4.13. The molecule has 1 heterocycles. The van der Waals surface area contributed by atoms with Crippen LogP contribution in [0.4, 0.5) is 4.79 Å². The molecule has 20 heavy (non-hydrogen) atoms. The maximum Gasteiger partial charge on any atom is 0.410 e. The average molecular weight is 293 g/mol. The van der Waals surface area contributed by atoms with Gasteiger partial charge >= 0.3 is 6.09 Å². The van der Waals surface area contributed by atoms with E-state index in [1.165, 1.54) is 11.8 Å². The smallest absolute Gasteiger partial charge is 0.410 e. The van der Waals surface area contributed by atoms with Gasteiger partial charge in [0.05, 0.1) is 0 Å². The van der Waals surface area contributed by atoms with Crippen molar-refractivity contribution in [2.24, 2.45) is 0 Å². The molecule has 0 N–H and O–H groups in total. The minimum Gasteiger partial charge on any atom is -0.445 e. The first kappa shape index (κ1) is 14.9. The Kier molecular flexibility index (Phi) is 5.47. The monoisotopic (exact) mass is 293 g/mol. The van der Waals surface area contributed by atoms with Crippen LogP contribution in [0.15, 0.2) is 24.3 Å². The van der Waals surface area contributed by atoms with Gasteiger partial charge in [0.1, 0.15) is 6.61 Å². The topological polar surface area (TPSA) is 46.6 Å². The summed E-state index contributed by atoms with van der Waals surface area (Å²) in [5.74, 6) is 0.618. The van der Waals surface area contributed by atoms with Crippen molar-refractivity contribution in [1.82, 2.24) is 4.90 Å². The Hall–Kier alpha value is -1.49. The normalized spacial score (nSPS) is 14.3. The number of ether oxygens (including phenoxy) is 1. The van der Waals surface area contributed by atoms with E-state index in [2.05, 4.69) is 0 Å². The van der Waals surface area contributed by atoms with E-state index in [0.717, 1.165) is 37.1 Å². The molecule has 0 aliphatic carbocycles. The Morgan fingerprint density at radius 3 is 2.50 bits per heavy atom. The van der Waals surface area contributed by atoms with E-state index in [1.54, 1.807) is 11.8 Å². The van der Waals surface area contributed by atoms with Crippen molar-refractivity contribution < 1.29 is 14.3 Å². The lowest BCUT2D eigenvalue weighted by molar-refractivity contribution is -0.109. The van der Waals surface area contributed by atoms with Crippen molar-refractivity contribution >= 4 is 23.0 Å². The van der Waals surface area contributed by atoms with E-state index in [1.807, 2.05) is 24.3 Å². The Morgan fingerprint density at radius 1 is 1.20 bits per heavy atom. The number of carbonyl (C=O) groups is 2. The summed E-state index contributed by atoms with van der Waals surface area (Å²) in [4.78, 5) is 24.6. The number of nitrogens with zero attached hydrogens (tertiary/aromatic N) is 1. The maximum atomic E-state index is 11.8. The van der Waals surface area contributed by atoms with Gasteiger partial charge < -0.3 is 9.64 Å². The van der Waals surface area contributed by atoms with E-state index in [4.69, 9.17) is 4.74 Å². The second-order valence-electron chi connectivity index (χ2n) is 4.80. The molecular weight excluding hydrogens is 274 g/mol. The lowest BCUT2D eigenvalue weighted by Crippen LogP contribution is -2.28. The summed E-state index contributed by atoms with van der Waals surface area (Å²) in [5.41, 5.74) is 2.01. The first-order chi connectivity index (χ1) is 9.66. The highest BCUT2D eigenvalue weighted by molar-refractivity contribution is 8.12. The zero-order valence-corrected chi connectivity index (χ0v) is 12.4. The van der Waals surface area contributed by atoms with Crippen LogP contribution in [0.5, 0.6) is 0 Å². The first-order valence-corrected chi connectivity index (χ1v) is 7.77. The molecule has 4 nitrogen and oxygen atoms in total. The van der Waals surface area contributed by atoms with Crippen molar-refractivity contribution in [3.8, 4) is 0 Å². The van der Waals surface area contributed by atoms with Gasteiger partial charge in [-0.25, -0.2) is 4.79 Å². The van der Waals surface area contributed by atoms with E-state index >= 15 is 0 Å². The van der Waals surface area contributed by atoms with Crippen LogP contribution >= 0.6 is 11.8 Å². The summed E-state index contributed by atoms with van der Waals surface area (Å²) in [6, 6.07) is 7.75. The average Bonchev–Trinajstić information content (AvgIpc) is 2.97. The molecule has 0 spiro atoms. The van der Waals surface area contributed by atoms with Crippen LogP contribution in [0.25, 0.3) is 0 Å². The molecule has 1 aromatic rings. The van der Waals surface area contributed by atoms with Crippen LogP contribution < -0.4 is 0 Å². The number of carbonyl (C=O) groups excluding carboxylic acids is 2. The van der Waals surface area contributed by atoms with Crippen molar-refractivity contribution in [2.45, 2.75) is 32.1 Å². The van der Waals surface area contributed by atoms with Crippen molar-refractivity contribution in [3.63, 3.8) is 0 Å². The molecule has 0 atom stereocenters. The lowest BCUT2D eigenvalue weighted by Gasteiger charge is -2.16. The van der Waals surface area contributed by atoms with Crippen LogP contribution in [-0.2, 0) is 21.9 Å². The molecule has 108 valence electrons. The fraction of sp³-hybridized carbons (Fsp3) is 0.467. The third-order valence-electron chi connectivity index (χ3n) is 3.26. The lowest BCUT2D eigenvalue weighted by atomic mass is 10.1. The van der Waals surface area contributed by atoms with Crippen LogP contribution in [0.2, 0.25) is 0 Å². The molecule has 1 saturated heterocycles. The van der Waals surface area contributed by atoms with Gasteiger partial charge in [0.2, 0.25) is 0 Å². The highest BCUT2D eigenvalue weighted by Gasteiger charge is 2.19. The Bertz CT molecular complexity index is 484. The number of amides is 1. The zero-order valence-electron chi connectivity index (χ0n) is 11.6. The first-order valence-electron chi connectivity index (χ1n) is 6.78. The number of benzene rings is 1.